The molecular formula is C10H12O3. The summed E-state index contributed by atoms with van der Waals surface area (Å²) in [5.41, 5.74) is 1.06. The molecule has 1 aromatic rings. The van der Waals surface area contributed by atoms with E-state index in [-0.39, 0.29) is 12.6 Å². The molecule has 0 radical (unpaired) electrons. The summed E-state index contributed by atoms with van der Waals surface area (Å²) >= 11 is 0. The maximum absolute atomic E-state index is 11.0. The number of esters is 1. The Labute approximate surface area is 77.3 Å². The first-order valence-electron chi connectivity index (χ1n) is 3.98. The minimum absolute atomic E-state index is 0.0199. The minimum atomic E-state index is -0.381. The van der Waals surface area contributed by atoms with Gasteiger partial charge in [0.1, 0.15) is 12.4 Å². The van der Waals surface area contributed by atoms with Crippen LogP contribution in [0.15, 0.2) is 24.3 Å². The summed E-state index contributed by atoms with van der Waals surface area (Å²) in [5, 5.41) is 0. The lowest BCUT2D eigenvalue weighted by molar-refractivity contribution is -0.138. The van der Waals surface area contributed by atoms with E-state index in [0.29, 0.717) is 5.75 Å². The number of aryl methyl sites for hydroxylation is 1. The van der Waals surface area contributed by atoms with Gasteiger partial charge in [-0.25, -0.2) is 4.79 Å². The summed E-state index contributed by atoms with van der Waals surface area (Å²) in [6.45, 7) is 1.92. The zero-order valence-corrected chi connectivity index (χ0v) is 7.74. The lowest BCUT2D eigenvalue weighted by Gasteiger charge is -2.03. The molecule has 0 aliphatic carbocycles. The monoisotopic (exact) mass is 180 g/mol. The molecule has 0 unspecified atom stereocenters. The highest BCUT2D eigenvalue weighted by Crippen LogP contribution is 2.12. The molecule has 1 aromatic carbocycles. The summed E-state index contributed by atoms with van der Waals surface area (Å²) in [6, 6.07) is 7.31. The Balaban J connectivity index is 2.58. The van der Waals surface area contributed by atoms with Gasteiger partial charge < -0.3 is 9.47 Å². The molecule has 0 saturated heterocycles. The van der Waals surface area contributed by atoms with E-state index in [1.165, 1.54) is 7.11 Å². The van der Waals surface area contributed by atoms with Crippen LogP contribution in [-0.2, 0) is 9.53 Å². The summed E-state index contributed by atoms with van der Waals surface area (Å²) in [7, 11) is 1.46. The SMILES string of the molecule is COCC(=O)Oc1cccc(C)c1. The van der Waals surface area contributed by atoms with Crippen LogP contribution in [0.25, 0.3) is 0 Å². The van der Waals surface area contributed by atoms with Crippen molar-refractivity contribution >= 4 is 5.97 Å². The van der Waals surface area contributed by atoms with Gasteiger partial charge in [0, 0.05) is 7.11 Å². The molecule has 3 nitrogen and oxygen atoms in total. The summed E-state index contributed by atoms with van der Waals surface area (Å²) in [4.78, 5) is 11.0. The van der Waals surface area contributed by atoms with E-state index < -0.39 is 0 Å². The maximum atomic E-state index is 11.0. The number of hydrogen-bond donors (Lipinski definition) is 0. The number of carbonyl (C=O) groups is 1. The van der Waals surface area contributed by atoms with Crippen molar-refractivity contribution in [2.45, 2.75) is 6.92 Å². The molecule has 70 valence electrons. The van der Waals surface area contributed by atoms with E-state index in [9.17, 15) is 4.79 Å². The predicted molar refractivity (Wildman–Crippen MR) is 48.7 cm³/mol. The molecule has 0 N–H and O–H groups in total. The van der Waals surface area contributed by atoms with Crippen molar-refractivity contribution in [1.82, 2.24) is 0 Å². The van der Waals surface area contributed by atoms with Crippen LogP contribution in [0, 0.1) is 6.92 Å². The number of rotatable bonds is 3. The van der Waals surface area contributed by atoms with E-state index in [0.717, 1.165) is 5.56 Å². The van der Waals surface area contributed by atoms with Crippen LogP contribution in [-0.4, -0.2) is 19.7 Å². The van der Waals surface area contributed by atoms with Gasteiger partial charge in [-0.1, -0.05) is 12.1 Å². The fourth-order valence-electron chi connectivity index (χ4n) is 0.958. The second kappa shape index (κ2) is 4.62. The molecular weight excluding hydrogens is 168 g/mol. The molecule has 0 aromatic heterocycles. The lowest BCUT2D eigenvalue weighted by atomic mass is 10.2. The van der Waals surface area contributed by atoms with Crippen molar-refractivity contribution < 1.29 is 14.3 Å². The van der Waals surface area contributed by atoms with Gasteiger partial charge in [-0.15, -0.1) is 0 Å². The predicted octanol–water partition coefficient (Wildman–Crippen LogP) is 1.55. The number of methoxy groups -OCH3 is 1. The Morgan fingerprint density at radius 1 is 1.46 bits per heavy atom. The summed E-state index contributed by atoms with van der Waals surface area (Å²) in [5.74, 6) is 0.176. The first-order valence-corrected chi connectivity index (χ1v) is 3.98. The summed E-state index contributed by atoms with van der Waals surface area (Å²) in [6.07, 6.45) is 0. The van der Waals surface area contributed by atoms with E-state index in [4.69, 9.17) is 4.74 Å². The number of carbonyl (C=O) groups excluding carboxylic acids is 1. The Hall–Kier alpha value is -1.35. The zero-order valence-electron chi connectivity index (χ0n) is 7.74. The van der Waals surface area contributed by atoms with Crippen LogP contribution in [0.2, 0.25) is 0 Å². The van der Waals surface area contributed by atoms with Crippen LogP contribution in [0.5, 0.6) is 5.75 Å². The largest absolute Gasteiger partial charge is 0.425 e. The molecule has 0 fully saturated rings. The number of hydrogen-bond acceptors (Lipinski definition) is 3. The number of ether oxygens (including phenoxy) is 2. The fourth-order valence-corrected chi connectivity index (χ4v) is 0.958. The molecule has 0 aliphatic heterocycles. The molecule has 13 heavy (non-hydrogen) atoms. The van der Waals surface area contributed by atoms with Gasteiger partial charge >= 0.3 is 5.97 Å². The molecule has 0 bridgehead atoms. The maximum Gasteiger partial charge on any atom is 0.337 e. The fraction of sp³-hybridized carbons (Fsp3) is 0.300. The first kappa shape index (κ1) is 9.74. The molecule has 0 aliphatic rings. The molecule has 0 atom stereocenters. The highest BCUT2D eigenvalue weighted by molar-refractivity contribution is 5.73. The highest BCUT2D eigenvalue weighted by Gasteiger charge is 2.02. The quantitative estimate of drug-likeness (QED) is 0.523. The normalized spacial score (nSPS) is 9.69. The molecule has 0 heterocycles. The molecule has 0 saturated carbocycles. The van der Waals surface area contributed by atoms with Gasteiger partial charge in [-0.2, -0.15) is 0 Å². The standard InChI is InChI=1S/C10H12O3/c1-8-4-3-5-9(6-8)13-10(11)7-12-2/h3-6H,7H2,1-2H3. The van der Waals surface area contributed by atoms with E-state index in [1.807, 2.05) is 19.1 Å². The van der Waals surface area contributed by atoms with Gasteiger partial charge in [0.25, 0.3) is 0 Å². The van der Waals surface area contributed by atoms with Crippen LogP contribution in [0.1, 0.15) is 5.56 Å². The summed E-state index contributed by atoms with van der Waals surface area (Å²) < 4.78 is 9.60. The van der Waals surface area contributed by atoms with E-state index in [1.54, 1.807) is 12.1 Å². The third-order valence-electron chi connectivity index (χ3n) is 1.48. The molecule has 3 heteroatoms. The van der Waals surface area contributed by atoms with Gasteiger partial charge in [-0.3, -0.25) is 0 Å². The average Bonchev–Trinajstić information content (AvgIpc) is 2.04. The van der Waals surface area contributed by atoms with Crippen molar-refractivity contribution in [2.24, 2.45) is 0 Å². The third-order valence-corrected chi connectivity index (χ3v) is 1.48. The Morgan fingerprint density at radius 3 is 2.85 bits per heavy atom. The average molecular weight is 180 g/mol. The molecule has 0 spiro atoms. The van der Waals surface area contributed by atoms with Crippen LogP contribution < -0.4 is 4.74 Å². The van der Waals surface area contributed by atoms with Crippen LogP contribution in [0.4, 0.5) is 0 Å². The van der Waals surface area contributed by atoms with Crippen molar-refractivity contribution in [3.63, 3.8) is 0 Å². The van der Waals surface area contributed by atoms with Crippen molar-refractivity contribution in [2.75, 3.05) is 13.7 Å². The van der Waals surface area contributed by atoms with Crippen molar-refractivity contribution in [3.8, 4) is 5.75 Å². The van der Waals surface area contributed by atoms with Gasteiger partial charge in [0.05, 0.1) is 0 Å². The second-order valence-corrected chi connectivity index (χ2v) is 2.72. The Kier molecular flexibility index (Phi) is 3.46. The third kappa shape index (κ3) is 3.25. The van der Waals surface area contributed by atoms with Gasteiger partial charge in [-0.05, 0) is 24.6 Å². The minimum Gasteiger partial charge on any atom is -0.425 e. The van der Waals surface area contributed by atoms with Gasteiger partial charge in [0.15, 0.2) is 0 Å². The lowest BCUT2D eigenvalue weighted by Crippen LogP contribution is -2.14. The van der Waals surface area contributed by atoms with Gasteiger partial charge in [0.2, 0.25) is 0 Å². The topological polar surface area (TPSA) is 35.5 Å². The van der Waals surface area contributed by atoms with Crippen LogP contribution >= 0.6 is 0 Å². The Bertz CT molecular complexity index is 294. The first-order chi connectivity index (χ1) is 6.22. The molecule has 0 amide bonds. The smallest absolute Gasteiger partial charge is 0.337 e. The van der Waals surface area contributed by atoms with E-state index in [2.05, 4.69) is 4.74 Å². The highest BCUT2D eigenvalue weighted by atomic mass is 16.6. The zero-order chi connectivity index (χ0) is 9.68. The second-order valence-electron chi connectivity index (χ2n) is 2.72. The van der Waals surface area contributed by atoms with Crippen molar-refractivity contribution in [1.29, 1.82) is 0 Å². The van der Waals surface area contributed by atoms with Crippen LogP contribution in [0.3, 0.4) is 0 Å². The van der Waals surface area contributed by atoms with E-state index >= 15 is 0 Å². The molecule has 1 rings (SSSR count). The Morgan fingerprint density at radius 2 is 2.23 bits per heavy atom. The van der Waals surface area contributed by atoms with Crippen molar-refractivity contribution in [3.05, 3.63) is 29.8 Å². The number of benzene rings is 1.